The number of ketones is 1. The van der Waals surface area contributed by atoms with E-state index in [1.165, 1.54) is 0 Å². The molecule has 2 aromatic carbocycles. The van der Waals surface area contributed by atoms with Gasteiger partial charge in [-0.1, -0.05) is 54.6 Å². The van der Waals surface area contributed by atoms with Crippen LogP contribution in [-0.4, -0.2) is 12.3 Å². The number of hydrogen-bond acceptors (Lipinski definition) is 2. The topological polar surface area (TPSA) is 43.1 Å². The first-order valence-electron chi connectivity index (χ1n) is 5.20. The van der Waals surface area contributed by atoms with Crippen LogP contribution < -0.4 is 18.1 Å². The monoisotopic (exact) mass is 246 g/mol. The summed E-state index contributed by atoms with van der Waals surface area (Å²) in [6.07, 6.45) is 0. The van der Waals surface area contributed by atoms with Crippen molar-refractivity contribution in [2.75, 3.05) is 6.54 Å². The van der Waals surface area contributed by atoms with Crippen molar-refractivity contribution in [1.82, 2.24) is 0 Å². The summed E-state index contributed by atoms with van der Waals surface area (Å²) in [5.41, 5.74) is 8.23. The molecule has 0 bridgehead atoms. The standard InChI is InChI=1S/C14H13NO.ClH/c15-10-14(16)13-8-6-12(7-9-13)11-4-2-1-3-5-11;/h1-9H,10,15H2;1H/p-1. The molecule has 0 atom stereocenters. The van der Waals surface area contributed by atoms with Crippen LogP contribution in [0.1, 0.15) is 10.4 Å². The first kappa shape index (κ1) is 13.4. The van der Waals surface area contributed by atoms with E-state index in [1.807, 2.05) is 54.6 Å². The van der Waals surface area contributed by atoms with Crippen LogP contribution in [0.25, 0.3) is 11.1 Å². The van der Waals surface area contributed by atoms with Gasteiger partial charge in [0, 0.05) is 5.56 Å². The molecule has 2 rings (SSSR count). The Bertz CT molecular complexity index is 479. The van der Waals surface area contributed by atoms with Gasteiger partial charge in [-0.25, -0.2) is 0 Å². The fourth-order valence-electron chi connectivity index (χ4n) is 1.60. The third-order valence-corrected chi connectivity index (χ3v) is 2.50. The van der Waals surface area contributed by atoms with Crippen molar-refractivity contribution in [1.29, 1.82) is 0 Å². The van der Waals surface area contributed by atoms with Crippen LogP contribution in [0.3, 0.4) is 0 Å². The van der Waals surface area contributed by atoms with Crippen LogP contribution in [-0.2, 0) is 0 Å². The zero-order chi connectivity index (χ0) is 11.4. The number of hydrogen-bond donors (Lipinski definition) is 1. The largest absolute Gasteiger partial charge is 1.00 e. The van der Waals surface area contributed by atoms with Crippen molar-refractivity contribution in [3.8, 4) is 11.1 Å². The van der Waals surface area contributed by atoms with Crippen LogP contribution in [0.15, 0.2) is 54.6 Å². The molecule has 2 N–H and O–H groups in total. The van der Waals surface area contributed by atoms with Crippen molar-refractivity contribution in [3.63, 3.8) is 0 Å². The molecule has 3 heteroatoms. The molecular weight excluding hydrogens is 234 g/mol. The van der Waals surface area contributed by atoms with Gasteiger partial charge in [-0.05, 0) is 11.1 Å². The van der Waals surface area contributed by atoms with Crippen LogP contribution in [0.4, 0.5) is 0 Å². The van der Waals surface area contributed by atoms with Crippen molar-refractivity contribution in [3.05, 3.63) is 60.2 Å². The summed E-state index contributed by atoms with van der Waals surface area (Å²) in [6.45, 7) is 0.0602. The lowest BCUT2D eigenvalue weighted by atomic mass is 10.0. The fraction of sp³-hybridized carbons (Fsp3) is 0.0714. The quantitative estimate of drug-likeness (QED) is 0.742. The second-order valence-electron chi connectivity index (χ2n) is 3.57. The SMILES string of the molecule is NCC(=O)c1ccc(-c2ccccc2)cc1.[Cl-]. The number of carbonyl (C=O) groups excluding carboxylic acids is 1. The predicted octanol–water partition coefficient (Wildman–Crippen LogP) is -0.501. The molecule has 2 nitrogen and oxygen atoms in total. The highest BCUT2D eigenvalue weighted by atomic mass is 35.5. The summed E-state index contributed by atoms with van der Waals surface area (Å²) in [5, 5.41) is 0. The summed E-state index contributed by atoms with van der Waals surface area (Å²) in [4.78, 5) is 11.3. The number of halogens is 1. The van der Waals surface area contributed by atoms with Gasteiger partial charge in [0.05, 0.1) is 6.54 Å². The van der Waals surface area contributed by atoms with Gasteiger partial charge in [0.2, 0.25) is 0 Å². The first-order valence-corrected chi connectivity index (χ1v) is 5.20. The lowest BCUT2D eigenvalue weighted by molar-refractivity contribution is -0.0000108. The van der Waals surface area contributed by atoms with Crippen LogP contribution in [0, 0.1) is 0 Å². The molecule has 2 aromatic rings. The van der Waals surface area contributed by atoms with Crippen molar-refractivity contribution in [2.45, 2.75) is 0 Å². The minimum Gasteiger partial charge on any atom is -1.00 e. The van der Waals surface area contributed by atoms with E-state index in [9.17, 15) is 4.79 Å². The third-order valence-electron chi connectivity index (χ3n) is 2.50. The zero-order valence-corrected chi connectivity index (χ0v) is 10.0. The van der Waals surface area contributed by atoms with E-state index in [2.05, 4.69) is 0 Å². The molecule has 0 saturated heterocycles. The van der Waals surface area contributed by atoms with E-state index in [0.717, 1.165) is 11.1 Å². The Morgan fingerprint density at radius 3 is 1.94 bits per heavy atom. The summed E-state index contributed by atoms with van der Waals surface area (Å²) in [6, 6.07) is 17.6. The molecule has 0 amide bonds. The summed E-state index contributed by atoms with van der Waals surface area (Å²) >= 11 is 0. The summed E-state index contributed by atoms with van der Waals surface area (Å²) < 4.78 is 0. The molecule has 0 spiro atoms. The maximum Gasteiger partial charge on any atom is 0.176 e. The number of carbonyl (C=O) groups is 1. The van der Waals surface area contributed by atoms with E-state index in [-0.39, 0.29) is 24.7 Å². The highest BCUT2D eigenvalue weighted by molar-refractivity contribution is 5.97. The molecule has 17 heavy (non-hydrogen) atoms. The van der Waals surface area contributed by atoms with Crippen LogP contribution >= 0.6 is 0 Å². The number of rotatable bonds is 3. The van der Waals surface area contributed by atoms with Crippen molar-refractivity contribution in [2.24, 2.45) is 5.73 Å². The predicted molar refractivity (Wildman–Crippen MR) is 65.3 cm³/mol. The smallest absolute Gasteiger partial charge is 0.176 e. The van der Waals surface area contributed by atoms with Crippen LogP contribution in [0.2, 0.25) is 0 Å². The lowest BCUT2D eigenvalue weighted by Gasteiger charge is -2.02. The van der Waals surface area contributed by atoms with E-state index in [0.29, 0.717) is 5.56 Å². The number of nitrogens with two attached hydrogens (primary N) is 1. The van der Waals surface area contributed by atoms with Gasteiger partial charge < -0.3 is 18.1 Å². The molecule has 0 aliphatic heterocycles. The van der Waals surface area contributed by atoms with Crippen molar-refractivity contribution >= 4 is 5.78 Å². The number of Topliss-reactive ketones (excluding diaryl/α,β-unsaturated/α-hetero) is 1. The van der Waals surface area contributed by atoms with E-state index >= 15 is 0 Å². The minimum absolute atomic E-state index is 0. The molecule has 0 aliphatic rings. The summed E-state index contributed by atoms with van der Waals surface area (Å²) in [7, 11) is 0. The van der Waals surface area contributed by atoms with Gasteiger partial charge in [0.15, 0.2) is 5.78 Å². The second kappa shape index (κ2) is 6.18. The second-order valence-corrected chi connectivity index (χ2v) is 3.57. The molecule has 0 unspecified atom stereocenters. The molecule has 0 aliphatic carbocycles. The Hall–Kier alpha value is -1.64. The minimum atomic E-state index is -0.0281. The summed E-state index contributed by atoms with van der Waals surface area (Å²) in [5.74, 6) is -0.0281. The highest BCUT2D eigenvalue weighted by Gasteiger charge is 2.03. The van der Waals surface area contributed by atoms with Gasteiger partial charge in [0.25, 0.3) is 0 Å². The van der Waals surface area contributed by atoms with Gasteiger partial charge >= 0.3 is 0 Å². The van der Waals surface area contributed by atoms with Gasteiger partial charge in [-0.15, -0.1) is 0 Å². The molecule has 0 radical (unpaired) electrons. The Balaban J connectivity index is 0.00000144. The molecule has 0 aromatic heterocycles. The third kappa shape index (κ3) is 3.16. The Morgan fingerprint density at radius 1 is 0.882 bits per heavy atom. The van der Waals surface area contributed by atoms with Gasteiger partial charge in [0.1, 0.15) is 0 Å². The van der Waals surface area contributed by atoms with Crippen LogP contribution in [0.5, 0.6) is 0 Å². The Labute approximate surface area is 107 Å². The maximum absolute atomic E-state index is 11.3. The van der Waals surface area contributed by atoms with E-state index in [4.69, 9.17) is 5.73 Å². The van der Waals surface area contributed by atoms with E-state index < -0.39 is 0 Å². The average Bonchev–Trinajstić information content (AvgIpc) is 2.39. The fourth-order valence-corrected chi connectivity index (χ4v) is 1.60. The van der Waals surface area contributed by atoms with Gasteiger partial charge in [-0.3, -0.25) is 4.79 Å². The van der Waals surface area contributed by atoms with Crippen molar-refractivity contribution < 1.29 is 17.2 Å². The van der Waals surface area contributed by atoms with E-state index in [1.54, 1.807) is 0 Å². The number of benzene rings is 2. The Kier molecular flexibility index (Phi) is 4.88. The first-order chi connectivity index (χ1) is 7.81. The molecule has 0 fully saturated rings. The molecular formula is C14H13ClNO-. The maximum atomic E-state index is 11.3. The average molecular weight is 247 g/mol. The zero-order valence-electron chi connectivity index (χ0n) is 9.27. The lowest BCUT2D eigenvalue weighted by Crippen LogP contribution is -3.00. The van der Waals surface area contributed by atoms with Gasteiger partial charge in [-0.2, -0.15) is 0 Å². The molecule has 0 saturated carbocycles. The normalized spacial score (nSPS) is 9.47. The molecule has 0 heterocycles. The molecule has 88 valence electrons. The Morgan fingerprint density at radius 2 is 1.41 bits per heavy atom. The highest BCUT2D eigenvalue weighted by Crippen LogP contribution is 2.19.